The highest BCUT2D eigenvalue weighted by atomic mass is 16.5. The highest BCUT2D eigenvalue weighted by molar-refractivity contribution is 5.48. The molecule has 0 saturated heterocycles. The molecule has 0 atom stereocenters. The van der Waals surface area contributed by atoms with Gasteiger partial charge < -0.3 is 15.4 Å². The van der Waals surface area contributed by atoms with Crippen LogP contribution in [0.2, 0.25) is 0 Å². The van der Waals surface area contributed by atoms with Gasteiger partial charge in [-0.15, -0.1) is 0 Å². The molecule has 0 aliphatic carbocycles. The average Bonchev–Trinajstić information content (AvgIpc) is 2.68. The summed E-state index contributed by atoms with van der Waals surface area (Å²) in [4.78, 5) is 0. The molecule has 0 aliphatic heterocycles. The minimum absolute atomic E-state index is 0.814. The van der Waals surface area contributed by atoms with Gasteiger partial charge in [0.15, 0.2) is 0 Å². The molecule has 0 aliphatic rings. The Kier molecular flexibility index (Phi) is 10.3. The van der Waals surface area contributed by atoms with E-state index in [1.54, 1.807) is 0 Å². The molecule has 0 spiro atoms. The van der Waals surface area contributed by atoms with Crippen LogP contribution in [-0.2, 0) is 6.42 Å². The zero-order valence-corrected chi connectivity index (χ0v) is 16.2. The van der Waals surface area contributed by atoms with Crippen molar-refractivity contribution in [3.05, 3.63) is 60.2 Å². The number of nitrogens with one attached hydrogen (secondary N) is 2. The number of anilines is 1. The number of unbranched alkanes of at least 4 members (excludes halogenated alkanes) is 4. The molecule has 0 heterocycles. The normalized spacial score (nSPS) is 10.7. The highest BCUT2D eigenvalue weighted by Crippen LogP contribution is 2.17. The number of ether oxygens (including phenoxy) is 1. The van der Waals surface area contributed by atoms with E-state index in [2.05, 4.69) is 66.1 Å². The zero-order chi connectivity index (χ0) is 18.3. The molecule has 2 aromatic rings. The first-order chi connectivity index (χ1) is 12.9. The van der Waals surface area contributed by atoms with Gasteiger partial charge in [-0.2, -0.15) is 0 Å². The molecule has 26 heavy (non-hydrogen) atoms. The third kappa shape index (κ3) is 8.91. The maximum atomic E-state index is 5.87. The van der Waals surface area contributed by atoms with Crippen molar-refractivity contribution in [2.24, 2.45) is 0 Å². The quantitative estimate of drug-likeness (QED) is 0.453. The lowest BCUT2D eigenvalue weighted by molar-refractivity contribution is 0.304. The van der Waals surface area contributed by atoms with Crippen LogP contribution in [0.25, 0.3) is 0 Å². The van der Waals surface area contributed by atoms with Gasteiger partial charge in [-0.1, -0.05) is 69.0 Å². The fourth-order valence-corrected chi connectivity index (χ4v) is 2.89. The Bertz CT molecular complexity index is 586. The lowest BCUT2D eigenvalue weighted by Crippen LogP contribution is -2.24. The predicted molar refractivity (Wildman–Crippen MR) is 112 cm³/mol. The Balaban J connectivity index is 1.55. The van der Waals surface area contributed by atoms with Gasteiger partial charge in [0, 0.05) is 24.8 Å². The van der Waals surface area contributed by atoms with Gasteiger partial charge in [0.2, 0.25) is 0 Å². The first kappa shape index (κ1) is 20.3. The van der Waals surface area contributed by atoms with Crippen LogP contribution in [0.1, 0.15) is 44.6 Å². The smallest absolute Gasteiger partial charge is 0.121 e. The second-order valence-corrected chi connectivity index (χ2v) is 6.70. The molecule has 142 valence electrons. The predicted octanol–water partition coefficient (Wildman–Crippen LogP) is 5.28. The summed E-state index contributed by atoms with van der Waals surface area (Å²) in [6.45, 7) is 5.93. The van der Waals surface area contributed by atoms with Crippen LogP contribution in [-0.4, -0.2) is 26.2 Å². The van der Waals surface area contributed by atoms with E-state index in [0.717, 1.165) is 50.5 Å². The van der Waals surface area contributed by atoms with E-state index in [1.165, 1.54) is 31.2 Å². The minimum Gasteiger partial charge on any atom is -0.494 e. The fraction of sp³-hybridized carbons (Fsp3) is 0.478. The van der Waals surface area contributed by atoms with Crippen molar-refractivity contribution < 1.29 is 4.74 Å². The highest BCUT2D eigenvalue weighted by Gasteiger charge is 1.98. The summed E-state index contributed by atoms with van der Waals surface area (Å²) in [6, 6.07) is 18.9. The second kappa shape index (κ2) is 13.2. The Hall–Kier alpha value is -2.00. The molecule has 0 amide bonds. The Morgan fingerprint density at radius 3 is 2.50 bits per heavy atom. The van der Waals surface area contributed by atoms with Crippen molar-refractivity contribution in [2.75, 3.05) is 31.6 Å². The lowest BCUT2D eigenvalue weighted by atomic mass is 10.1. The van der Waals surface area contributed by atoms with Gasteiger partial charge in [0.05, 0.1) is 6.61 Å². The van der Waals surface area contributed by atoms with Crippen LogP contribution >= 0.6 is 0 Å². The van der Waals surface area contributed by atoms with Gasteiger partial charge >= 0.3 is 0 Å². The Morgan fingerprint density at radius 2 is 1.65 bits per heavy atom. The molecular formula is C23H34N2O. The van der Waals surface area contributed by atoms with E-state index in [0.29, 0.717) is 0 Å². The van der Waals surface area contributed by atoms with E-state index in [9.17, 15) is 0 Å². The summed E-state index contributed by atoms with van der Waals surface area (Å²) in [5, 5.41) is 6.94. The summed E-state index contributed by atoms with van der Waals surface area (Å²) in [6.07, 6.45) is 7.42. The maximum absolute atomic E-state index is 5.87. The lowest BCUT2D eigenvalue weighted by Gasteiger charge is -2.10. The monoisotopic (exact) mass is 354 g/mol. The maximum Gasteiger partial charge on any atom is 0.121 e. The largest absolute Gasteiger partial charge is 0.494 e. The van der Waals surface area contributed by atoms with Crippen LogP contribution in [0.5, 0.6) is 5.75 Å². The molecular weight excluding hydrogens is 320 g/mol. The van der Waals surface area contributed by atoms with Crippen molar-refractivity contribution in [1.29, 1.82) is 0 Å². The molecule has 0 aromatic heterocycles. The van der Waals surface area contributed by atoms with E-state index in [-0.39, 0.29) is 0 Å². The van der Waals surface area contributed by atoms with Gasteiger partial charge in [0.1, 0.15) is 5.75 Å². The molecule has 0 saturated carbocycles. The molecule has 2 rings (SSSR count). The Morgan fingerprint density at radius 1 is 0.808 bits per heavy atom. The van der Waals surface area contributed by atoms with Crippen molar-refractivity contribution in [2.45, 2.75) is 45.4 Å². The summed E-state index contributed by atoms with van der Waals surface area (Å²) in [5.41, 5.74) is 2.51. The standard InChI is InChI=1S/C23H34N2O/c1-2-3-4-5-9-19-26-23-14-10-13-22(20-23)25-18-17-24-16-15-21-11-7-6-8-12-21/h6-8,10-14,20,24-25H,2-5,9,15-19H2,1H3. The molecule has 0 fully saturated rings. The topological polar surface area (TPSA) is 33.3 Å². The van der Waals surface area contributed by atoms with E-state index in [1.807, 2.05) is 6.07 Å². The number of benzene rings is 2. The summed E-state index contributed by atoms with van der Waals surface area (Å²) >= 11 is 0. The van der Waals surface area contributed by atoms with Crippen LogP contribution in [0, 0.1) is 0 Å². The van der Waals surface area contributed by atoms with Gasteiger partial charge in [-0.3, -0.25) is 0 Å². The summed E-state index contributed by atoms with van der Waals surface area (Å²) in [7, 11) is 0. The van der Waals surface area contributed by atoms with Crippen molar-refractivity contribution in [3.8, 4) is 5.75 Å². The molecule has 3 nitrogen and oxygen atoms in total. The minimum atomic E-state index is 0.814. The average molecular weight is 355 g/mol. The number of rotatable bonds is 14. The van der Waals surface area contributed by atoms with E-state index in [4.69, 9.17) is 4.74 Å². The molecule has 0 radical (unpaired) electrons. The van der Waals surface area contributed by atoms with Gasteiger partial charge in [-0.05, 0) is 37.1 Å². The van der Waals surface area contributed by atoms with Crippen LogP contribution in [0.3, 0.4) is 0 Å². The third-order valence-corrected chi connectivity index (χ3v) is 4.41. The zero-order valence-electron chi connectivity index (χ0n) is 16.2. The summed E-state index contributed by atoms with van der Waals surface area (Å²) < 4.78 is 5.87. The van der Waals surface area contributed by atoms with E-state index < -0.39 is 0 Å². The first-order valence-corrected chi connectivity index (χ1v) is 10.1. The third-order valence-electron chi connectivity index (χ3n) is 4.41. The molecule has 2 aromatic carbocycles. The van der Waals surface area contributed by atoms with E-state index >= 15 is 0 Å². The van der Waals surface area contributed by atoms with Gasteiger partial charge in [0.25, 0.3) is 0 Å². The number of hydrogen-bond acceptors (Lipinski definition) is 3. The van der Waals surface area contributed by atoms with Crippen molar-refractivity contribution >= 4 is 5.69 Å². The van der Waals surface area contributed by atoms with Crippen molar-refractivity contribution in [3.63, 3.8) is 0 Å². The first-order valence-electron chi connectivity index (χ1n) is 10.1. The van der Waals surface area contributed by atoms with Crippen LogP contribution < -0.4 is 15.4 Å². The van der Waals surface area contributed by atoms with Crippen molar-refractivity contribution in [1.82, 2.24) is 5.32 Å². The Labute approximate surface area is 159 Å². The number of hydrogen-bond donors (Lipinski definition) is 2. The van der Waals surface area contributed by atoms with Crippen LogP contribution in [0.15, 0.2) is 54.6 Å². The second-order valence-electron chi connectivity index (χ2n) is 6.70. The van der Waals surface area contributed by atoms with Crippen LogP contribution in [0.4, 0.5) is 5.69 Å². The molecule has 0 unspecified atom stereocenters. The molecule has 0 bridgehead atoms. The molecule has 2 N–H and O–H groups in total. The fourth-order valence-electron chi connectivity index (χ4n) is 2.89. The summed E-state index contributed by atoms with van der Waals surface area (Å²) in [5.74, 6) is 0.961. The SMILES string of the molecule is CCCCCCCOc1cccc(NCCNCCc2ccccc2)c1. The molecule has 3 heteroatoms. The van der Waals surface area contributed by atoms with Gasteiger partial charge in [-0.25, -0.2) is 0 Å².